The van der Waals surface area contributed by atoms with Crippen LogP contribution in [-0.2, 0) is 9.53 Å². The summed E-state index contributed by atoms with van der Waals surface area (Å²) in [6.07, 6.45) is 5.19. The van der Waals surface area contributed by atoms with Crippen molar-refractivity contribution in [1.29, 1.82) is 0 Å². The standard InChI is InChI=1S/C13H26O4/c1-3-5-6-7-8-12(16)17-11-13(4-2,9-14)10-15/h14-15H,3-11H2,1-2H3. The van der Waals surface area contributed by atoms with Gasteiger partial charge in [-0.3, -0.25) is 4.79 Å². The molecule has 2 N–H and O–H groups in total. The molecule has 0 spiro atoms. The van der Waals surface area contributed by atoms with E-state index in [1.807, 2.05) is 6.92 Å². The van der Waals surface area contributed by atoms with Crippen LogP contribution in [0.1, 0.15) is 52.4 Å². The summed E-state index contributed by atoms with van der Waals surface area (Å²) in [5.74, 6) is -0.235. The van der Waals surface area contributed by atoms with E-state index in [1.165, 1.54) is 0 Å². The highest BCUT2D eigenvalue weighted by Gasteiger charge is 2.28. The molecule has 0 aliphatic rings. The van der Waals surface area contributed by atoms with Crippen molar-refractivity contribution in [1.82, 2.24) is 0 Å². The highest BCUT2D eigenvalue weighted by atomic mass is 16.5. The molecule has 0 saturated heterocycles. The van der Waals surface area contributed by atoms with Gasteiger partial charge in [0.05, 0.1) is 18.6 Å². The molecule has 0 atom stereocenters. The molecule has 0 aromatic carbocycles. The summed E-state index contributed by atoms with van der Waals surface area (Å²) in [5, 5.41) is 18.4. The van der Waals surface area contributed by atoms with Gasteiger partial charge in [-0.15, -0.1) is 0 Å². The molecule has 0 aliphatic heterocycles. The molecule has 0 fully saturated rings. The van der Waals surface area contributed by atoms with E-state index in [1.54, 1.807) is 0 Å². The average Bonchev–Trinajstić information content (AvgIpc) is 2.37. The van der Waals surface area contributed by atoms with Crippen molar-refractivity contribution in [3.05, 3.63) is 0 Å². The predicted molar refractivity (Wildman–Crippen MR) is 66.6 cm³/mol. The first-order valence-electron chi connectivity index (χ1n) is 6.51. The molecule has 17 heavy (non-hydrogen) atoms. The van der Waals surface area contributed by atoms with Crippen molar-refractivity contribution in [2.75, 3.05) is 19.8 Å². The minimum absolute atomic E-state index is 0.100. The van der Waals surface area contributed by atoms with Gasteiger partial charge in [0.2, 0.25) is 0 Å². The molecule has 0 heterocycles. The molecular formula is C13H26O4. The number of carbonyl (C=O) groups is 1. The third-order valence-electron chi connectivity index (χ3n) is 3.19. The molecule has 0 radical (unpaired) electrons. The van der Waals surface area contributed by atoms with Gasteiger partial charge in [0, 0.05) is 6.42 Å². The Hall–Kier alpha value is -0.610. The van der Waals surface area contributed by atoms with Crippen LogP contribution in [0, 0.1) is 5.41 Å². The van der Waals surface area contributed by atoms with Crippen LogP contribution in [0.3, 0.4) is 0 Å². The number of rotatable bonds is 10. The maximum absolute atomic E-state index is 11.4. The highest BCUT2D eigenvalue weighted by molar-refractivity contribution is 5.69. The van der Waals surface area contributed by atoms with Crippen LogP contribution in [0.25, 0.3) is 0 Å². The summed E-state index contributed by atoms with van der Waals surface area (Å²) in [6.45, 7) is 3.76. The number of unbranched alkanes of at least 4 members (excludes halogenated alkanes) is 3. The SMILES string of the molecule is CCCCCCC(=O)OCC(CC)(CO)CO. The zero-order chi connectivity index (χ0) is 13.1. The topological polar surface area (TPSA) is 66.8 Å². The van der Waals surface area contributed by atoms with E-state index in [0.29, 0.717) is 12.8 Å². The lowest BCUT2D eigenvalue weighted by molar-refractivity contribution is -0.149. The molecule has 4 nitrogen and oxygen atoms in total. The fourth-order valence-electron chi connectivity index (χ4n) is 1.47. The normalized spacial score (nSPS) is 11.5. The van der Waals surface area contributed by atoms with E-state index >= 15 is 0 Å². The molecule has 0 saturated carbocycles. The van der Waals surface area contributed by atoms with E-state index in [0.717, 1.165) is 25.7 Å². The van der Waals surface area contributed by atoms with E-state index in [-0.39, 0.29) is 25.8 Å². The number of esters is 1. The Morgan fingerprint density at radius 2 is 1.76 bits per heavy atom. The zero-order valence-corrected chi connectivity index (χ0v) is 11.1. The van der Waals surface area contributed by atoms with Gasteiger partial charge in [-0.25, -0.2) is 0 Å². The third-order valence-corrected chi connectivity index (χ3v) is 3.19. The predicted octanol–water partition coefficient (Wildman–Crippen LogP) is 1.88. The van der Waals surface area contributed by atoms with Gasteiger partial charge in [0.15, 0.2) is 0 Å². The molecule has 0 aliphatic carbocycles. The van der Waals surface area contributed by atoms with Crippen molar-refractivity contribution >= 4 is 5.97 Å². The first-order chi connectivity index (χ1) is 8.14. The second-order valence-electron chi connectivity index (χ2n) is 4.64. The first kappa shape index (κ1) is 16.4. The van der Waals surface area contributed by atoms with Crippen LogP contribution in [0.5, 0.6) is 0 Å². The lowest BCUT2D eigenvalue weighted by Crippen LogP contribution is -2.35. The molecule has 0 rings (SSSR count). The number of ether oxygens (including phenoxy) is 1. The van der Waals surface area contributed by atoms with Gasteiger partial charge in [-0.05, 0) is 12.8 Å². The van der Waals surface area contributed by atoms with E-state index in [9.17, 15) is 15.0 Å². The third kappa shape index (κ3) is 6.64. The van der Waals surface area contributed by atoms with Gasteiger partial charge in [0.1, 0.15) is 6.61 Å². The number of aliphatic hydroxyl groups excluding tert-OH is 2. The van der Waals surface area contributed by atoms with Gasteiger partial charge < -0.3 is 14.9 Å². The van der Waals surface area contributed by atoms with Crippen LogP contribution < -0.4 is 0 Å². The Labute approximate surface area is 104 Å². The van der Waals surface area contributed by atoms with Crippen molar-refractivity contribution in [2.45, 2.75) is 52.4 Å². The number of aliphatic hydroxyl groups is 2. The summed E-state index contributed by atoms with van der Waals surface area (Å²) in [6, 6.07) is 0. The van der Waals surface area contributed by atoms with E-state index < -0.39 is 5.41 Å². The highest BCUT2D eigenvalue weighted by Crippen LogP contribution is 2.21. The van der Waals surface area contributed by atoms with E-state index in [4.69, 9.17) is 4.74 Å². The zero-order valence-electron chi connectivity index (χ0n) is 11.1. The van der Waals surface area contributed by atoms with Crippen molar-refractivity contribution in [3.8, 4) is 0 Å². The number of hydrogen-bond donors (Lipinski definition) is 2. The molecule has 0 aromatic heterocycles. The van der Waals surface area contributed by atoms with Gasteiger partial charge in [-0.2, -0.15) is 0 Å². The lowest BCUT2D eigenvalue weighted by Gasteiger charge is -2.27. The summed E-state index contributed by atoms with van der Waals surface area (Å²) in [4.78, 5) is 11.4. The molecule has 0 unspecified atom stereocenters. The lowest BCUT2D eigenvalue weighted by atomic mass is 9.88. The van der Waals surface area contributed by atoms with Crippen molar-refractivity contribution in [2.24, 2.45) is 5.41 Å². The van der Waals surface area contributed by atoms with Crippen LogP contribution in [0.2, 0.25) is 0 Å². The van der Waals surface area contributed by atoms with Crippen molar-refractivity contribution in [3.63, 3.8) is 0 Å². The fraction of sp³-hybridized carbons (Fsp3) is 0.923. The Morgan fingerprint density at radius 1 is 1.12 bits per heavy atom. The summed E-state index contributed by atoms with van der Waals surface area (Å²) in [7, 11) is 0. The second kappa shape index (κ2) is 9.42. The van der Waals surface area contributed by atoms with Crippen LogP contribution in [0.15, 0.2) is 0 Å². The molecule has 0 bridgehead atoms. The largest absolute Gasteiger partial charge is 0.465 e. The summed E-state index contributed by atoms with van der Waals surface area (Å²) >= 11 is 0. The fourth-order valence-corrected chi connectivity index (χ4v) is 1.47. The van der Waals surface area contributed by atoms with Gasteiger partial charge >= 0.3 is 5.97 Å². The molecule has 0 amide bonds. The quantitative estimate of drug-likeness (QED) is 0.456. The number of hydrogen-bond acceptors (Lipinski definition) is 4. The summed E-state index contributed by atoms with van der Waals surface area (Å²) in [5.41, 5.74) is -0.681. The molecular weight excluding hydrogens is 220 g/mol. The molecule has 0 aromatic rings. The van der Waals surface area contributed by atoms with Crippen LogP contribution in [0.4, 0.5) is 0 Å². The maximum atomic E-state index is 11.4. The Morgan fingerprint density at radius 3 is 2.24 bits per heavy atom. The minimum Gasteiger partial charge on any atom is -0.465 e. The maximum Gasteiger partial charge on any atom is 0.305 e. The number of carbonyl (C=O) groups excluding carboxylic acids is 1. The van der Waals surface area contributed by atoms with Gasteiger partial charge in [0.25, 0.3) is 0 Å². The van der Waals surface area contributed by atoms with Crippen LogP contribution in [-0.4, -0.2) is 36.0 Å². The summed E-state index contributed by atoms with van der Waals surface area (Å²) < 4.78 is 5.10. The smallest absolute Gasteiger partial charge is 0.305 e. The van der Waals surface area contributed by atoms with Crippen molar-refractivity contribution < 1.29 is 19.7 Å². The first-order valence-corrected chi connectivity index (χ1v) is 6.51. The molecule has 102 valence electrons. The second-order valence-corrected chi connectivity index (χ2v) is 4.64. The average molecular weight is 246 g/mol. The van der Waals surface area contributed by atoms with Crippen LogP contribution >= 0.6 is 0 Å². The Balaban J connectivity index is 3.81. The monoisotopic (exact) mass is 246 g/mol. The molecule has 4 heteroatoms. The van der Waals surface area contributed by atoms with Gasteiger partial charge in [-0.1, -0.05) is 33.1 Å². The minimum atomic E-state index is -0.681. The van der Waals surface area contributed by atoms with E-state index in [2.05, 4.69) is 6.92 Å². The Bertz CT molecular complexity index is 191. The Kier molecular flexibility index (Phi) is 9.09.